The van der Waals surface area contributed by atoms with Crippen molar-refractivity contribution < 1.29 is 27.5 Å². The minimum atomic E-state index is -4.25. The van der Waals surface area contributed by atoms with Gasteiger partial charge in [-0.2, -0.15) is 0 Å². The molecule has 42 heavy (non-hydrogen) atoms. The van der Waals surface area contributed by atoms with Crippen LogP contribution in [0, 0.1) is 0 Å². The minimum absolute atomic E-state index is 0.00815. The second-order valence-electron chi connectivity index (χ2n) is 10.2. The lowest BCUT2D eigenvalue weighted by atomic mass is 10.1. The maximum atomic E-state index is 14.2. The van der Waals surface area contributed by atoms with Crippen LogP contribution >= 0.6 is 11.6 Å². The third-order valence-electron chi connectivity index (χ3n) is 7.38. The molecule has 0 heterocycles. The molecule has 11 heteroatoms. The Kier molecular flexibility index (Phi) is 10.3. The van der Waals surface area contributed by atoms with Gasteiger partial charge in [0.15, 0.2) is 0 Å². The SMILES string of the molecule is COc1cccc(CN(C(=O)CN(c2cc(Cl)ccc2OC)S(=O)(=O)c2ccccc2)[C@@H](C)C(=O)NC2CCCC2)c1. The van der Waals surface area contributed by atoms with Crippen LogP contribution in [0.25, 0.3) is 0 Å². The number of carbonyl (C=O) groups is 2. The van der Waals surface area contributed by atoms with E-state index < -0.39 is 28.5 Å². The Balaban J connectivity index is 1.73. The van der Waals surface area contributed by atoms with Gasteiger partial charge in [0.05, 0.1) is 24.8 Å². The first kappa shape index (κ1) is 31.2. The molecule has 0 radical (unpaired) electrons. The van der Waals surface area contributed by atoms with E-state index in [1.807, 2.05) is 6.07 Å². The molecule has 9 nitrogen and oxygen atoms in total. The first-order chi connectivity index (χ1) is 20.1. The van der Waals surface area contributed by atoms with Crippen molar-refractivity contribution in [3.63, 3.8) is 0 Å². The van der Waals surface area contributed by atoms with E-state index in [-0.39, 0.29) is 39.8 Å². The van der Waals surface area contributed by atoms with Crippen molar-refractivity contribution in [2.75, 3.05) is 25.1 Å². The van der Waals surface area contributed by atoms with Crippen LogP contribution in [0.5, 0.6) is 11.5 Å². The second-order valence-corrected chi connectivity index (χ2v) is 12.5. The van der Waals surface area contributed by atoms with Crippen LogP contribution in [0.15, 0.2) is 77.7 Å². The average molecular weight is 614 g/mol. The summed E-state index contributed by atoms with van der Waals surface area (Å²) in [6.07, 6.45) is 3.86. The van der Waals surface area contributed by atoms with Crippen LogP contribution in [0.1, 0.15) is 38.2 Å². The molecule has 1 saturated carbocycles. The van der Waals surface area contributed by atoms with Gasteiger partial charge in [0.25, 0.3) is 10.0 Å². The molecule has 0 aliphatic heterocycles. The van der Waals surface area contributed by atoms with Crippen molar-refractivity contribution in [1.82, 2.24) is 10.2 Å². The zero-order valence-electron chi connectivity index (χ0n) is 24.0. The lowest BCUT2D eigenvalue weighted by molar-refractivity contribution is -0.139. The summed E-state index contributed by atoms with van der Waals surface area (Å²) in [7, 11) is -1.30. The van der Waals surface area contributed by atoms with Gasteiger partial charge in [0.2, 0.25) is 11.8 Å². The third-order valence-corrected chi connectivity index (χ3v) is 9.38. The fourth-order valence-corrected chi connectivity index (χ4v) is 6.64. The molecule has 0 aromatic heterocycles. The Morgan fingerprint density at radius 3 is 2.36 bits per heavy atom. The topological polar surface area (TPSA) is 105 Å². The summed E-state index contributed by atoms with van der Waals surface area (Å²) in [5, 5.41) is 3.33. The molecule has 1 aliphatic rings. The van der Waals surface area contributed by atoms with Crippen molar-refractivity contribution >= 4 is 39.1 Å². The first-order valence-corrected chi connectivity index (χ1v) is 15.6. The van der Waals surface area contributed by atoms with E-state index in [2.05, 4.69) is 5.32 Å². The van der Waals surface area contributed by atoms with E-state index in [0.29, 0.717) is 5.75 Å². The number of nitrogens with zero attached hydrogens (tertiary/aromatic N) is 2. The number of methoxy groups -OCH3 is 2. The lowest BCUT2D eigenvalue weighted by Crippen LogP contribution is -2.52. The Morgan fingerprint density at radius 1 is 0.976 bits per heavy atom. The zero-order valence-corrected chi connectivity index (χ0v) is 25.5. The number of sulfonamides is 1. The fourth-order valence-electron chi connectivity index (χ4n) is 5.03. The van der Waals surface area contributed by atoms with E-state index >= 15 is 0 Å². The summed E-state index contributed by atoms with van der Waals surface area (Å²) in [6.45, 7) is 1.11. The van der Waals surface area contributed by atoms with Gasteiger partial charge in [-0.15, -0.1) is 0 Å². The molecule has 1 atom stereocenters. The van der Waals surface area contributed by atoms with Gasteiger partial charge in [-0.05, 0) is 67.8 Å². The van der Waals surface area contributed by atoms with Crippen molar-refractivity contribution in [2.45, 2.75) is 56.1 Å². The molecule has 1 aliphatic carbocycles. The zero-order chi connectivity index (χ0) is 30.3. The minimum Gasteiger partial charge on any atom is -0.497 e. The van der Waals surface area contributed by atoms with Crippen LogP contribution in [-0.2, 0) is 26.2 Å². The standard InChI is InChI=1S/C31H36ClN3O6S/c1-22(31(37)33-25-11-7-8-12-25)34(20-23-10-9-13-26(18-23)40-2)30(36)21-35(28-19-24(32)16-17-29(28)41-3)42(38,39)27-14-5-4-6-15-27/h4-6,9-10,13-19,22,25H,7-8,11-12,20-21H2,1-3H3,(H,33,37)/t22-/m0/s1. The average Bonchev–Trinajstić information content (AvgIpc) is 3.51. The molecule has 1 fully saturated rings. The molecular weight excluding hydrogens is 578 g/mol. The Labute approximate surface area is 252 Å². The highest BCUT2D eigenvalue weighted by atomic mass is 35.5. The second kappa shape index (κ2) is 13.9. The van der Waals surface area contributed by atoms with Crippen LogP contribution in [-0.4, -0.2) is 58.0 Å². The highest BCUT2D eigenvalue weighted by Crippen LogP contribution is 2.35. The van der Waals surface area contributed by atoms with E-state index in [1.165, 1.54) is 30.2 Å². The van der Waals surface area contributed by atoms with Crippen LogP contribution in [0.4, 0.5) is 5.69 Å². The maximum Gasteiger partial charge on any atom is 0.264 e. The number of nitrogens with one attached hydrogen (secondary N) is 1. The molecule has 0 unspecified atom stereocenters. The van der Waals surface area contributed by atoms with E-state index in [0.717, 1.165) is 35.6 Å². The van der Waals surface area contributed by atoms with Crippen molar-refractivity contribution in [1.29, 1.82) is 0 Å². The maximum absolute atomic E-state index is 14.2. The number of hydrogen-bond acceptors (Lipinski definition) is 6. The number of rotatable bonds is 12. The molecule has 3 aromatic rings. The molecule has 0 spiro atoms. The first-order valence-electron chi connectivity index (χ1n) is 13.8. The number of benzene rings is 3. The number of amides is 2. The summed E-state index contributed by atoms with van der Waals surface area (Å²) in [4.78, 5) is 28.9. The number of carbonyl (C=O) groups excluding carboxylic acids is 2. The molecule has 0 saturated heterocycles. The summed E-state index contributed by atoms with van der Waals surface area (Å²) < 4.78 is 39.8. The third kappa shape index (κ3) is 7.35. The number of hydrogen-bond donors (Lipinski definition) is 1. The van der Waals surface area contributed by atoms with Crippen LogP contribution < -0.4 is 19.1 Å². The van der Waals surface area contributed by atoms with Crippen molar-refractivity contribution in [3.05, 3.63) is 83.4 Å². The largest absolute Gasteiger partial charge is 0.497 e. The summed E-state index contributed by atoms with van der Waals surface area (Å²) in [6, 6.07) is 18.7. The highest BCUT2D eigenvalue weighted by Gasteiger charge is 2.34. The number of halogens is 1. The quantitative estimate of drug-likeness (QED) is 0.307. The molecule has 224 valence electrons. The smallest absolute Gasteiger partial charge is 0.264 e. The summed E-state index contributed by atoms with van der Waals surface area (Å²) in [5.74, 6) is -0.0534. The van der Waals surface area contributed by atoms with Gasteiger partial charge in [-0.25, -0.2) is 8.42 Å². The number of ether oxygens (including phenoxy) is 2. The monoisotopic (exact) mass is 613 g/mol. The van der Waals surface area contributed by atoms with E-state index in [1.54, 1.807) is 62.6 Å². The molecule has 2 amide bonds. The van der Waals surface area contributed by atoms with Gasteiger partial charge in [-0.1, -0.05) is 54.8 Å². The Morgan fingerprint density at radius 2 is 1.69 bits per heavy atom. The summed E-state index contributed by atoms with van der Waals surface area (Å²) >= 11 is 6.28. The summed E-state index contributed by atoms with van der Waals surface area (Å²) in [5.41, 5.74) is 0.826. The lowest BCUT2D eigenvalue weighted by Gasteiger charge is -2.33. The van der Waals surface area contributed by atoms with E-state index in [9.17, 15) is 18.0 Å². The van der Waals surface area contributed by atoms with Gasteiger partial charge in [0, 0.05) is 17.6 Å². The fraction of sp³-hybridized carbons (Fsp3) is 0.355. The van der Waals surface area contributed by atoms with Crippen molar-refractivity contribution in [3.8, 4) is 11.5 Å². The van der Waals surface area contributed by atoms with Crippen molar-refractivity contribution in [2.24, 2.45) is 0 Å². The molecule has 0 bridgehead atoms. The molecule has 1 N–H and O–H groups in total. The van der Waals surface area contributed by atoms with Gasteiger partial charge < -0.3 is 19.7 Å². The Hall–Kier alpha value is -3.76. The predicted molar refractivity (Wildman–Crippen MR) is 162 cm³/mol. The highest BCUT2D eigenvalue weighted by molar-refractivity contribution is 7.92. The van der Waals surface area contributed by atoms with Crippen LogP contribution in [0.2, 0.25) is 5.02 Å². The van der Waals surface area contributed by atoms with Crippen LogP contribution in [0.3, 0.4) is 0 Å². The van der Waals surface area contributed by atoms with Gasteiger partial charge >= 0.3 is 0 Å². The predicted octanol–water partition coefficient (Wildman–Crippen LogP) is 5.03. The Bertz CT molecular complexity index is 1500. The number of anilines is 1. The molecule has 4 rings (SSSR count). The molecule has 3 aromatic carbocycles. The van der Waals surface area contributed by atoms with Gasteiger partial charge in [0.1, 0.15) is 24.1 Å². The normalized spacial score (nSPS) is 14.2. The molecular formula is C31H36ClN3O6S. The van der Waals surface area contributed by atoms with E-state index in [4.69, 9.17) is 21.1 Å². The van der Waals surface area contributed by atoms with Gasteiger partial charge in [-0.3, -0.25) is 13.9 Å².